The summed E-state index contributed by atoms with van der Waals surface area (Å²) in [7, 11) is 0. The van der Waals surface area contributed by atoms with Gasteiger partial charge in [-0.05, 0) is 28.0 Å². The van der Waals surface area contributed by atoms with Gasteiger partial charge in [0.25, 0.3) is 0 Å². The van der Waals surface area contributed by atoms with Crippen LogP contribution in [0.5, 0.6) is 0 Å². The van der Waals surface area contributed by atoms with Crippen molar-refractivity contribution in [1.82, 2.24) is 5.43 Å². The van der Waals surface area contributed by atoms with E-state index in [1.165, 1.54) is 0 Å². The lowest BCUT2D eigenvalue weighted by molar-refractivity contribution is -0.120. The Morgan fingerprint density at radius 3 is 2.43 bits per heavy atom. The number of carbonyl (C=O) groups excluding carboxylic acids is 1. The molecule has 1 N–H and O–H groups in total. The number of nitrogens with one attached hydrogen (secondary N) is 1. The highest BCUT2D eigenvalue weighted by molar-refractivity contribution is 9.10. The maximum atomic E-state index is 12.1. The summed E-state index contributed by atoms with van der Waals surface area (Å²) >= 11 is 3.54. The molecule has 3 nitrogen and oxygen atoms in total. The van der Waals surface area contributed by atoms with Crippen molar-refractivity contribution in [2.45, 2.75) is 6.42 Å². The Morgan fingerprint density at radius 2 is 1.65 bits per heavy atom. The van der Waals surface area contributed by atoms with E-state index < -0.39 is 0 Å². The van der Waals surface area contributed by atoms with Gasteiger partial charge in [0.2, 0.25) is 5.91 Å². The highest BCUT2D eigenvalue weighted by atomic mass is 79.9. The first-order chi connectivity index (χ1) is 11.2. The summed E-state index contributed by atoms with van der Waals surface area (Å²) in [5.41, 5.74) is 4.51. The third-order valence-electron chi connectivity index (χ3n) is 3.51. The fraction of sp³-hybridized carbons (Fsp3) is 0.0526. The van der Waals surface area contributed by atoms with E-state index in [1.54, 1.807) is 6.21 Å². The zero-order valence-corrected chi connectivity index (χ0v) is 14.0. The second-order valence-electron chi connectivity index (χ2n) is 5.13. The van der Waals surface area contributed by atoms with E-state index in [2.05, 4.69) is 26.5 Å². The largest absolute Gasteiger partial charge is 0.273 e. The smallest absolute Gasteiger partial charge is 0.244 e. The molecule has 0 bridgehead atoms. The Hall–Kier alpha value is -2.46. The van der Waals surface area contributed by atoms with Gasteiger partial charge in [0.1, 0.15) is 0 Å². The summed E-state index contributed by atoms with van der Waals surface area (Å²) in [6.07, 6.45) is 1.93. The second kappa shape index (κ2) is 7.20. The molecule has 0 spiro atoms. The molecule has 1 amide bonds. The van der Waals surface area contributed by atoms with Crippen LogP contribution in [0.15, 0.2) is 76.3 Å². The van der Waals surface area contributed by atoms with Crippen LogP contribution in [-0.2, 0) is 11.2 Å². The standard InChI is InChI=1S/C19H15BrN2O/c20-18-11-10-15(16-8-4-5-9-17(16)18)12-19(23)22-21-13-14-6-2-1-3-7-14/h1-11,13H,12H2,(H,22,23)/b21-13+. The number of hydrogen-bond acceptors (Lipinski definition) is 2. The number of hydrazone groups is 1. The first-order valence-electron chi connectivity index (χ1n) is 7.27. The van der Waals surface area contributed by atoms with Gasteiger partial charge in [0.15, 0.2) is 0 Å². The van der Waals surface area contributed by atoms with Crippen LogP contribution in [0.1, 0.15) is 11.1 Å². The van der Waals surface area contributed by atoms with Gasteiger partial charge in [-0.2, -0.15) is 5.10 Å². The molecule has 0 saturated carbocycles. The number of hydrogen-bond donors (Lipinski definition) is 1. The molecule has 0 aliphatic rings. The molecular weight excluding hydrogens is 352 g/mol. The normalized spacial score (nSPS) is 11.0. The minimum absolute atomic E-state index is 0.135. The molecule has 0 aliphatic carbocycles. The average Bonchev–Trinajstić information content (AvgIpc) is 2.59. The van der Waals surface area contributed by atoms with E-state index in [4.69, 9.17) is 0 Å². The summed E-state index contributed by atoms with van der Waals surface area (Å²) in [6.45, 7) is 0. The Balaban J connectivity index is 1.71. The van der Waals surface area contributed by atoms with Gasteiger partial charge in [-0.3, -0.25) is 4.79 Å². The molecular formula is C19H15BrN2O. The lowest BCUT2D eigenvalue weighted by atomic mass is 10.0. The van der Waals surface area contributed by atoms with Crippen molar-refractivity contribution in [2.75, 3.05) is 0 Å². The molecule has 3 aromatic carbocycles. The highest BCUT2D eigenvalue weighted by Crippen LogP contribution is 2.27. The van der Waals surface area contributed by atoms with Gasteiger partial charge in [-0.25, -0.2) is 5.43 Å². The minimum atomic E-state index is -0.135. The Morgan fingerprint density at radius 1 is 0.957 bits per heavy atom. The van der Waals surface area contributed by atoms with Crippen molar-refractivity contribution in [3.8, 4) is 0 Å². The first kappa shape index (κ1) is 15.4. The van der Waals surface area contributed by atoms with Gasteiger partial charge < -0.3 is 0 Å². The summed E-state index contributed by atoms with van der Waals surface area (Å²) < 4.78 is 1.03. The van der Waals surface area contributed by atoms with Crippen molar-refractivity contribution in [3.63, 3.8) is 0 Å². The van der Waals surface area contributed by atoms with Crippen LogP contribution in [-0.4, -0.2) is 12.1 Å². The van der Waals surface area contributed by atoms with Crippen LogP contribution in [0, 0.1) is 0 Å². The number of rotatable bonds is 4. The topological polar surface area (TPSA) is 41.5 Å². The zero-order chi connectivity index (χ0) is 16.1. The van der Waals surface area contributed by atoms with Crippen molar-refractivity contribution < 1.29 is 4.79 Å². The van der Waals surface area contributed by atoms with Gasteiger partial charge >= 0.3 is 0 Å². The van der Waals surface area contributed by atoms with Gasteiger partial charge in [-0.1, -0.05) is 76.6 Å². The molecule has 0 aliphatic heterocycles. The molecule has 4 heteroatoms. The highest BCUT2D eigenvalue weighted by Gasteiger charge is 2.08. The van der Waals surface area contributed by atoms with E-state index in [9.17, 15) is 4.79 Å². The summed E-state index contributed by atoms with van der Waals surface area (Å²) in [4.78, 5) is 12.1. The van der Waals surface area contributed by atoms with Gasteiger partial charge in [0, 0.05) is 4.47 Å². The first-order valence-corrected chi connectivity index (χ1v) is 8.06. The predicted octanol–water partition coefficient (Wildman–Crippen LogP) is 4.30. The molecule has 0 unspecified atom stereocenters. The maximum Gasteiger partial charge on any atom is 0.244 e. The average molecular weight is 367 g/mol. The Kier molecular flexibility index (Phi) is 4.83. The van der Waals surface area contributed by atoms with Crippen molar-refractivity contribution in [1.29, 1.82) is 0 Å². The summed E-state index contributed by atoms with van der Waals surface area (Å²) in [5.74, 6) is -0.135. The molecule has 114 valence electrons. The van der Waals surface area contributed by atoms with E-state index in [-0.39, 0.29) is 5.91 Å². The molecule has 0 radical (unpaired) electrons. The number of amides is 1. The third kappa shape index (κ3) is 3.85. The quantitative estimate of drug-likeness (QED) is 0.542. The van der Waals surface area contributed by atoms with Crippen LogP contribution >= 0.6 is 15.9 Å². The molecule has 3 rings (SSSR count). The zero-order valence-electron chi connectivity index (χ0n) is 12.4. The van der Waals surface area contributed by atoms with Crippen molar-refractivity contribution in [2.24, 2.45) is 5.10 Å². The molecule has 0 fully saturated rings. The third-order valence-corrected chi connectivity index (χ3v) is 4.21. The van der Waals surface area contributed by atoms with E-state index >= 15 is 0 Å². The van der Waals surface area contributed by atoms with E-state index in [1.807, 2.05) is 66.7 Å². The van der Waals surface area contributed by atoms with Crippen molar-refractivity contribution >= 4 is 38.8 Å². The van der Waals surface area contributed by atoms with Crippen LogP contribution in [0.4, 0.5) is 0 Å². The number of halogens is 1. The van der Waals surface area contributed by atoms with Gasteiger partial charge in [0.05, 0.1) is 12.6 Å². The number of nitrogens with zero attached hydrogens (tertiary/aromatic N) is 1. The van der Waals surface area contributed by atoms with E-state index in [0.717, 1.165) is 26.4 Å². The molecule has 0 heterocycles. The predicted molar refractivity (Wildman–Crippen MR) is 97.5 cm³/mol. The number of fused-ring (bicyclic) bond motifs is 1. The molecule has 0 saturated heterocycles. The van der Waals surface area contributed by atoms with Crippen LogP contribution in [0.25, 0.3) is 10.8 Å². The minimum Gasteiger partial charge on any atom is -0.273 e. The van der Waals surface area contributed by atoms with Crippen molar-refractivity contribution in [3.05, 3.63) is 82.3 Å². The fourth-order valence-corrected chi connectivity index (χ4v) is 2.89. The molecule has 0 aromatic heterocycles. The number of benzene rings is 3. The molecule has 0 atom stereocenters. The number of carbonyl (C=O) groups is 1. The molecule has 23 heavy (non-hydrogen) atoms. The Labute approximate surface area is 143 Å². The van der Waals surface area contributed by atoms with E-state index in [0.29, 0.717) is 6.42 Å². The molecule has 3 aromatic rings. The monoisotopic (exact) mass is 366 g/mol. The summed E-state index contributed by atoms with van der Waals surface area (Å²) in [5, 5.41) is 6.18. The van der Waals surface area contributed by atoms with Crippen LogP contribution in [0.3, 0.4) is 0 Å². The summed E-state index contributed by atoms with van der Waals surface area (Å²) in [6, 6.07) is 21.6. The van der Waals surface area contributed by atoms with Crippen LogP contribution in [0.2, 0.25) is 0 Å². The SMILES string of the molecule is O=C(Cc1ccc(Br)c2ccccc12)N/N=C/c1ccccc1. The Bertz CT molecular complexity index is 860. The lowest BCUT2D eigenvalue weighted by Gasteiger charge is -2.07. The second-order valence-corrected chi connectivity index (χ2v) is 5.99. The van der Waals surface area contributed by atoms with Gasteiger partial charge in [-0.15, -0.1) is 0 Å². The lowest BCUT2D eigenvalue weighted by Crippen LogP contribution is -2.19. The van der Waals surface area contributed by atoms with Crippen LogP contribution < -0.4 is 5.43 Å². The maximum absolute atomic E-state index is 12.1. The fourth-order valence-electron chi connectivity index (χ4n) is 2.41.